The smallest absolute Gasteiger partial charge is 0.116 e. The molecule has 0 N–H and O–H groups in total. The molecule has 2 fully saturated rings. The maximum absolute atomic E-state index is 14.6. The highest BCUT2D eigenvalue weighted by atomic mass is 19.2. The molecular formula is C16H27F3. The van der Waals surface area contributed by atoms with Crippen LogP contribution in [-0.4, -0.2) is 18.0 Å². The van der Waals surface area contributed by atoms with Gasteiger partial charge in [0.05, 0.1) is 0 Å². The molecule has 0 aromatic heterocycles. The van der Waals surface area contributed by atoms with Crippen LogP contribution in [0.1, 0.15) is 65.2 Å². The first-order chi connectivity index (χ1) is 8.89. The van der Waals surface area contributed by atoms with Crippen molar-refractivity contribution in [2.24, 2.45) is 17.8 Å². The van der Waals surface area contributed by atoms with Gasteiger partial charge in [-0.2, -0.15) is 0 Å². The molecule has 112 valence electrons. The molecule has 2 unspecified atom stereocenters. The van der Waals surface area contributed by atoms with E-state index in [1.807, 2.05) is 0 Å². The van der Waals surface area contributed by atoms with Crippen LogP contribution in [0.3, 0.4) is 0 Å². The zero-order chi connectivity index (χ0) is 14.0. The van der Waals surface area contributed by atoms with Gasteiger partial charge in [0.1, 0.15) is 18.0 Å². The van der Waals surface area contributed by atoms with E-state index in [1.54, 1.807) is 6.92 Å². The third-order valence-corrected chi connectivity index (χ3v) is 5.40. The summed E-state index contributed by atoms with van der Waals surface area (Å²) in [7, 11) is 0. The highest BCUT2D eigenvalue weighted by Gasteiger charge is 2.45. The lowest BCUT2D eigenvalue weighted by Gasteiger charge is -2.38. The summed E-state index contributed by atoms with van der Waals surface area (Å²) in [5, 5.41) is 0. The molecule has 2 saturated carbocycles. The second-order valence-electron chi connectivity index (χ2n) is 7.11. The van der Waals surface area contributed by atoms with E-state index in [9.17, 15) is 13.2 Å². The van der Waals surface area contributed by atoms with Crippen molar-refractivity contribution in [1.82, 2.24) is 0 Å². The third-order valence-electron chi connectivity index (χ3n) is 5.40. The van der Waals surface area contributed by atoms with Crippen molar-refractivity contribution in [2.45, 2.75) is 83.2 Å². The standard InChI is InChI=1S/C16H27F3/c1-11-3-5-13(6-4-11)7-8-16(19)9-14(17)12(2)15(18)10-16/h11-15H,3-10H2,1-2H3. The maximum atomic E-state index is 14.6. The monoisotopic (exact) mass is 276 g/mol. The molecule has 2 rings (SSSR count). The predicted octanol–water partition coefficient (Wildman–Crippen LogP) is 5.41. The minimum atomic E-state index is -1.60. The van der Waals surface area contributed by atoms with Crippen LogP contribution in [0.5, 0.6) is 0 Å². The van der Waals surface area contributed by atoms with Crippen LogP contribution in [-0.2, 0) is 0 Å². The van der Waals surface area contributed by atoms with Crippen LogP contribution >= 0.6 is 0 Å². The highest BCUT2D eigenvalue weighted by Crippen LogP contribution is 2.43. The van der Waals surface area contributed by atoms with Crippen molar-refractivity contribution in [3.05, 3.63) is 0 Å². The molecule has 3 heteroatoms. The molecule has 0 aromatic rings. The molecular weight excluding hydrogens is 249 g/mol. The number of alkyl halides is 3. The largest absolute Gasteiger partial charge is 0.247 e. The van der Waals surface area contributed by atoms with Crippen molar-refractivity contribution in [3.63, 3.8) is 0 Å². The third kappa shape index (κ3) is 3.88. The highest BCUT2D eigenvalue weighted by molar-refractivity contribution is 4.95. The lowest BCUT2D eigenvalue weighted by atomic mass is 9.73. The Balaban J connectivity index is 1.81. The van der Waals surface area contributed by atoms with Gasteiger partial charge in [-0.15, -0.1) is 0 Å². The number of rotatable bonds is 3. The topological polar surface area (TPSA) is 0 Å². The van der Waals surface area contributed by atoms with Gasteiger partial charge in [0.15, 0.2) is 0 Å². The first-order valence-corrected chi connectivity index (χ1v) is 7.87. The molecule has 0 spiro atoms. The Labute approximate surface area is 115 Å². The summed E-state index contributed by atoms with van der Waals surface area (Å²) in [5.74, 6) is 0.718. The maximum Gasteiger partial charge on any atom is 0.116 e. The first kappa shape index (κ1) is 15.2. The Hall–Kier alpha value is -0.210. The van der Waals surface area contributed by atoms with E-state index in [2.05, 4.69) is 6.92 Å². The van der Waals surface area contributed by atoms with Crippen LogP contribution < -0.4 is 0 Å². The Kier molecular flexibility index (Phi) is 4.84. The summed E-state index contributed by atoms with van der Waals surface area (Å²) in [4.78, 5) is 0. The molecule has 0 radical (unpaired) electrons. The lowest BCUT2D eigenvalue weighted by molar-refractivity contribution is -0.0300. The Morgan fingerprint density at radius 1 is 0.947 bits per heavy atom. The average Bonchev–Trinajstić information content (AvgIpc) is 2.35. The SMILES string of the molecule is CC1CCC(CCC2(F)CC(F)C(C)C(F)C2)CC1. The predicted molar refractivity (Wildman–Crippen MR) is 72.4 cm³/mol. The summed E-state index contributed by atoms with van der Waals surface area (Å²) in [6, 6.07) is 0. The molecule has 0 aromatic carbocycles. The summed E-state index contributed by atoms with van der Waals surface area (Å²) in [6.45, 7) is 3.81. The summed E-state index contributed by atoms with van der Waals surface area (Å²) < 4.78 is 41.9. The van der Waals surface area contributed by atoms with Crippen LogP contribution in [0, 0.1) is 17.8 Å². The van der Waals surface area contributed by atoms with Crippen molar-refractivity contribution in [2.75, 3.05) is 0 Å². The summed E-state index contributed by atoms with van der Waals surface area (Å²) >= 11 is 0. The fraction of sp³-hybridized carbons (Fsp3) is 1.00. The van der Waals surface area contributed by atoms with Crippen molar-refractivity contribution >= 4 is 0 Å². The molecule has 19 heavy (non-hydrogen) atoms. The minimum Gasteiger partial charge on any atom is -0.247 e. The Bertz CT molecular complexity index is 272. The Morgan fingerprint density at radius 3 is 2.00 bits per heavy atom. The lowest BCUT2D eigenvalue weighted by Crippen LogP contribution is -2.43. The van der Waals surface area contributed by atoms with E-state index in [1.165, 1.54) is 12.8 Å². The first-order valence-electron chi connectivity index (χ1n) is 7.87. The quantitative estimate of drug-likeness (QED) is 0.646. The van der Waals surface area contributed by atoms with Crippen molar-refractivity contribution in [1.29, 1.82) is 0 Å². The van der Waals surface area contributed by atoms with Crippen LogP contribution in [0.4, 0.5) is 13.2 Å². The van der Waals surface area contributed by atoms with Crippen LogP contribution in [0.2, 0.25) is 0 Å². The second kappa shape index (κ2) is 6.05. The normalized spacial score (nSPS) is 48.2. The Morgan fingerprint density at radius 2 is 1.47 bits per heavy atom. The summed E-state index contributed by atoms with van der Waals surface area (Å²) in [6.07, 6.45) is 3.07. The zero-order valence-corrected chi connectivity index (χ0v) is 12.2. The molecule has 0 bridgehead atoms. The van der Waals surface area contributed by atoms with E-state index < -0.39 is 23.9 Å². The molecule has 0 amide bonds. The van der Waals surface area contributed by atoms with Gasteiger partial charge >= 0.3 is 0 Å². The molecule has 2 aliphatic carbocycles. The van der Waals surface area contributed by atoms with E-state index in [0.717, 1.165) is 25.2 Å². The van der Waals surface area contributed by atoms with Gasteiger partial charge < -0.3 is 0 Å². The van der Waals surface area contributed by atoms with Gasteiger partial charge in [0.25, 0.3) is 0 Å². The van der Waals surface area contributed by atoms with E-state index in [4.69, 9.17) is 0 Å². The van der Waals surface area contributed by atoms with Gasteiger partial charge in [0.2, 0.25) is 0 Å². The van der Waals surface area contributed by atoms with E-state index in [0.29, 0.717) is 12.3 Å². The van der Waals surface area contributed by atoms with E-state index >= 15 is 0 Å². The molecule has 0 aliphatic heterocycles. The number of hydrogen-bond donors (Lipinski definition) is 0. The minimum absolute atomic E-state index is 0.0995. The molecule has 0 saturated heterocycles. The molecule has 0 heterocycles. The fourth-order valence-electron chi connectivity index (χ4n) is 3.67. The average molecular weight is 276 g/mol. The van der Waals surface area contributed by atoms with Gasteiger partial charge in [0, 0.05) is 18.8 Å². The van der Waals surface area contributed by atoms with Crippen molar-refractivity contribution < 1.29 is 13.2 Å². The fourth-order valence-corrected chi connectivity index (χ4v) is 3.67. The number of halogens is 3. The van der Waals surface area contributed by atoms with Crippen LogP contribution in [0.15, 0.2) is 0 Å². The zero-order valence-electron chi connectivity index (χ0n) is 12.2. The molecule has 2 atom stereocenters. The van der Waals surface area contributed by atoms with Gasteiger partial charge in [-0.3, -0.25) is 0 Å². The van der Waals surface area contributed by atoms with Crippen molar-refractivity contribution in [3.8, 4) is 0 Å². The number of hydrogen-bond acceptors (Lipinski definition) is 0. The van der Waals surface area contributed by atoms with Gasteiger partial charge in [-0.05, 0) is 24.7 Å². The second-order valence-corrected chi connectivity index (χ2v) is 7.11. The summed E-state index contributed by atoms with van der Waals surface area (Å²) in [5.41, 5.74) is -1.60. The molecule has 2 aliphatic rings. The molecule has 0 nitrogen and oxygen atoms in total. The van der Waals surface area contributed by atoms with Gasteiger partial charge in [-0.25, -0.2) is 13.2 Å². The van der Waals surface area contributed by atoms with Gasteiger partial charge in [-0.1, -0.05) is 39.5 Å². The van der Waals surface area contributed by atoms with E-state index in [-0.39, 0.29) is 12.8 Å². The van der Waals surface area contributed by atoms with Crippen LogP contribution in [0.25, 0.3) is 0 Å².